The van der Waals surface area contributed by atoms with Crippen molar-refractivity contribution in [2.24, 2.45) is 22.7 Å². The number of esters is 1. The Morgan fingerprint density at radius 1 is 1.11 bits per heavy atom. The lowest BCUT2D eigenvalue weighted by atomic mass is 9.46. The van der Waals surface area contributed by atoms with Crippen LogP contribution in [-0.4, -0.2) is 99.3 Å². The van der Waals surface area contributed by atoms with Crippen molar-refractivity contribution in [2.75, 3.05) is 19.8 Å². The third-order valence-corrected chi connectivity index (χ3v) is 9.30. The molecular weight excluding hydrogens is 472 g/mol. The summed E-state index contributed by atoms with van der Waals surface area (Å²) in [4.78, 5) is 12.0. The molecule has 0 spiro atoms. The minimum Gasteiger partial charge on any atom is -0.459 e. The van der Waals surface area contributed by atoms with Gasteiger partial charge < -0.3 is 44.8 Å². The molecule has 0 aromatic carbocycles. The van der Waals surface area contributed by atoms with Gasteiger partial charge in [-0.15, -0.1) is 0 Å². The highest BCUT2D eigenvalue weighted by atomic mass is 16.7. The number of carbonyl (C=O) groups excluding carboxylic acids is 1. The molecule has 4 fully saturated rings. The van der Waals surface area contributed by atoms with E-state index in [1.54, 1.807) is 6.08 Å². The summed E-state index contributed by atoms with van der Waals surface area (Å²) < 4.78 is 16.4. The van der Waals surface area contributed by atoms with E-state index < -0.39 is 60.9 Å². The third-order valence-electron chi connectivity index (χ3n) is 9.30. The van der Waals surface area contributed by atoms with Crippen LogP contribution in [0.3, 0.4) is 0 Å². The van der Waals surface area contributed by atoms with Crippen LogP contribution in [-0.2, 0) is 19.0 Å². The van der Waals surface area contributed by atoms with Gasteiger partial charge in [-0.25, -0.2) is 4.79 Å². The van der Waals surface area contributed by atoms with E-state index >= 15 is 0 Å². The van der Waals surface area contributed by atoms with Gasteiger partial charge in [0, 0.05) is 5.41 Å². The van der Waals surface area contributed by atoms with Crippen molar-refractivity contribution in [3.8, 4) is 0 Å². The van der Waals surface area contributed by atoms with Crippen molar-refractivity contribution >= 4 is 5.97 Å². The molecule has 0 radical (unpaired) electrons. The van der Waals surface area contributed by atoms with E-state index in [1.807, 2.05) is 6.92 Å². The van der Waals surface area contributed by atoms with Gasteiger partial charge in [-0.3, -0.25) is 0 Å². The molecule has 2 saturated carbocycles. The summed E-state index contributed by atoms with van der Waals surface area (Å²) in [6, 6.07) is 0. The van der Waals surface area contributed by atoms with E-state index in [0.717, 1.165) is 24.8 Å². The van der Waals surface area contributed by atoms with Crippen molar-refractivity contribution in [1.82, 2.24) is 0 Å². The predicted molar refractivity (Wildman–Crippen MR) is 126 cm³/mol. The number of rotatable bonds is 6. The lowest BCUT2D eigenvalue weighted by Gasteiger charge is -2.60. The van der Waals surface area contributed by atoms with Crippen LogP contribution in [0.25, 0.3) is 0 Å². The van der Waals surface area contributed by atoms with E-state index in [1.165, 1.54) is 0 Å². The molecule has 2 aliphatic carbocycles. The third kappa shape index (κ3) is 4.67. The summed E-state index contributed by atoms with van der Waals surface area (Å²) in [7, 11) is 0. The van der Waals surface area contributed by atoms with Gasteiger partial charge in [0.15, 0.2) is 6.29 Å². The Balaban J connectivity index is 1.54. The van der Waals surface area contributed by atoms with E-state index in [-0.39, 0.29) is 36.0 Å². The van der Waals surface area contributed by atoms with Gasteiger partial charge in [0.05, 0.1) is 24.9 Å². The average Bonchev–Trinajstić information content (AvgIpc) is 3.16. The number of carbonyl (C=O) groups is 1. The fourth-order valence-corrected chi connectivity index (χ4v) is 7.01. The molecule has 0 amide bonds. The van der Waals surface area contributed by atoms with Gasteiger partial charge >= 0.3 is 5.97 Å². The van der Waals surface area contributed by atoms with Crippen LogP contribution in [0.15, 0.2) is 23.8 Å². The first-order valence-electron chi connectivity index (χ1n) is 12.8. The number of allylic oxidation sites excluding steroid dienone is 2. The fourth-order valence-electron chi connectivity index (χ4n) is 7.01. The van der Waals surface area contributed by atoms with Crippen LogP contribution in [0, 0.1) is 22.7 Å². The summed E-state index contributed by atoms with van der Waals surface area (Å²) in [5, 5.41) is 61.3. The topological polar surface area (TPSA) is 166 Å². The molecule has 204 valence electrons. The average molecular weight is 513 g/mol. The first kappa shape index (κ1) is 27.7. The minimum absolute atomic E-state index is 0.00740. The molecule has 2 aliphatic heterocycles. The Hall–Kier alpha value is -1.37. The van der Waals surface area contributed by atoms with Gasteiger partial charge in [0.25, 0.3) is 0 Å². The zero-order chi connectivity index (χ0) is 26.4. The Labute approximate surface area is 211 Å². The SMILES string of the molecule is C=C1CC[C@@H]2[C@](C)(CO[C@@H]3O[C@H](CO)[C@@H](O)[C@H](O)[C@H]3O)[C@H](O)CC[C@@]2(C)C1C/C=C1/C(=O)OC[C@H]1O. The standard InChI is InChI=1S/C26H40O10/c1-13-4-7-18-25(2,15(13)6-5-14-16(28)11-34-23(14)33)9-8-19(29)26(18,3)12-35-24-22(32)21(31)20(30)17(10-27)36-24/h5,15-22,24,27-32H,1,4,6-12H2,2-3H3/b14-5+/t15?,16-,17-,18+,19-,20-,21+,22-,24-,25+,26+/m1/s1. The van der Waals surface area contributed by atoms with E-state index in [0.29, 0.717) is 12.8 Å². The van der Waals surface area contributed by atoms with Gasteiger partial charge in [-0.1, -0.05) is 32.1 Å². The number of ether oxygens (including phenoxy) is 3. The molecule has 10 heteroatoms. The molecule has 2 heterocycles. The zero-order valence-electron chi connectivity index (χ0n) is 21.0. The summed E-state index contributed by atoms with van der Waals surface area (Å²) in [6.07, 6.45) is -3.42. The number of hydrogen-bond acceptors (Lipinski definition) is 10. The molecule has 4 rings (SSSR count). The van der Waals surface area contributed by atoms with E-state index in [4.69, 9.17) is 14.2 Å². The van der Waals surface area contributed by atoms with Crippen LogP contribution in [0.4, 0.5) is 0 Å². The normalized spacial score (nSPS) is 48.7. The van der Waals surface area contributed by atoms with E-state index in [2.05, 4.69) is 13.5 Å². The second kappa shape index (κ2) is 10.4. The van der Waals surface area contributed by atoms with Crippen molar-refractivity contribution in [2.45, 2.75) is 88.9 Å². The van der Waals surface area contributed by atoms with Gasteiger partial charge in [-0.2, -0.15) is 0 Å². The quantitative estimate of drug-likeness (QED) is 0.159. The molecule has 6 N–H and O–H groups in total. The Bertz CT molecular complexity index is 873. The highest BCUT2D eigenvalue weighted by Gasteiger charge is 2.58. The number of fused-ring (bicyclic) bond motifs is 1. The van der Waals surface area contributed by atoms with Gasteiger partial charge in [0.1, 0.15) is 37.1 Å². The summed E-state index contributed by atoms with van der Waals surface area (Å²) >= 11 is 0. The maximum absolute atomic E-state index is 12.0. The number of aliphatic hydroxyl groups is 6. The Morgan fingerprint density at radius 3 is 2.47 bits per heavy atom. The highest BCUT2D eigenvalue weighted by molar-refractivity contribution is 5.91. The van der Waals surface area contributed by atoms with Crippen LogP contribution in [0.2, 0.25) is 0 Å². The molecule has 1 unspecified atom stereocenters. The van der Waals surface area contributed by atoms with Crippen LogP contribution < -0.4 is 0 Å². The van der Waals surface area contributed by atoms with Crippen LogP contribution in [0.1, 0.15) is 46.0 Å². The lowest BCUT2D eigenvalue weighted by molar-refractivity contribution is -0.313. The first-order chi connectivity index (χ1) is 16.9. The smallest absolute Gasteiger partial charge is 0.336 e. The number of hydrogen-bond donors (Lipinski definition) is 6. The van der Waals surface area contributed by atoms with Crippen molar-refractivity contribution in [1.29, 1.82) is 0 Å². The second-order valence-corrected chi connectivity index (χ2v) is 11.4. The molecule has 36 heavy (non-hydrogen) atoms. The summed E-state index contributed by atoms with van der Waals surface area (Å²) in [5.41, 5.74) is 0.356. The maximum Gasteiger partial charge on any atom is 0.336 e. The Morgan fingerprint density at radius 2 is 1.83 bits per heavy atom. The first-order valence-corrected chi connectivity index (χ1v) is 12.8. The zero-order valence-corrected chi connectivity index (χ0v) is 21.0. The predicted octanol–water partition coefficient (Wildman–Crippen LogP) is -0.213. The summed E-state index contributed by atoms with van der Waals surface area (Å²) in [6.45, 7) is 7.89. The van der Waals surface area contributed by atoms with Gasteiger partial charge in [0.2, 0.25) is 0 Å². The van der Waals surface area contributed by atoms with Crippen LogP contribution >= 0.6 is 0 Å². The van der Waals surface area contributed by atoms with Crippen LogP contribution in [0.5, 0.6) is 0 Å². The molecule has 11 atom stereocenters. The number of aliphatic hydroxyl groups excluding tert-OH is 6. The maximum atomic E-state index is 12.0. The number of cyclic esters (lactones) is 1. The molecule has 4 aliphatic rings. The van der Waals surface area contributed by atoms with E-state index in [9.17, 15) is 35.4 Å². The Kier molecular flexibility index (Phi) is 8.00. The summed E-state index contributed by atoms with van der Waals surface area (Å²) in [5.74, 6) is -0.473. The fraction of sp³-hybridized carbons (Fsp3) is 0.808. The molecule has 0 aromatic rings. The van der Waals surface area contributed by atoms with Crippen molar-refractivity contribution in [3.63, 3.8) is 0 Å². The lowest BCUT2D eigenvalue weighted by Crippen LogP contribution is -2.61. The van der Waals surface area contributed by atoms with Crippen molar-refractivity contribution < 1.29 is 49.6 Å². The molecule has 10 nitrogen and oxygen atoms in total. The second-order valence-electron chi connectivity index (χ2n) is 11.4. The molecule has 0 aromatic heterocycles. The van der Waals surface area contributed by atoms with Crippen molar-refractivity contribution in [3.05, 3.63) is 23.8 Å². The molecular formula is C26H40O10. The highest BCUT2D eigenvalue weighted by Crippen LogP contribution is 2.62. The molecule has 0 bridgehead atoms. The monoisotopic (exact) mass is 512 g/mol. The molecule has 2 saturated heterocycles. The minimum atomic E-state index is -1.54. The largest absolute Gasteiger partial charge is 0.459 e. The van der Waals surface area contributed by atoms with Gasteiger partial charge in [-0.05, 0) is 49.4 Å².